The van der Waals surface area contributed by atoms with Crippen LogP contribution in [0.5, 0.6) is 0 Å². The van der Waals surface area contributed by atoms with Crippen LogP contribution in [0.2, 0.25) is 0 Å². The van der Waals surface area contributed by atoms with E-state index in [0.717, 1.165) is 31.7 Å². The summed E-state index contributed by atoms with van der Waals surface area (Å²) in [6, 6.07) is 5.60. The molecule has 1 amide bonds. The highest BCUT2D eigenvalue weighted by Gasteiger charge is 2.25. The van der Waals surface area contributed by atoms with Crippen LogP contribution in [0, 0.1) is 6.92 Å². The van der Waals surface area contributed by atoms with Crippen LogP contribution in [-0.4, -0.2) is 76.3 Å². The number of methoxy groups -OCH3 is 1. The van der Waals surface area contributed by atoms with Gasteiger partial charge in [0.2, 0.25) is 0 Å². The molecule has 8 heteroatoms. The van der Waals surface area contributed by atoms with Crippen LogP contribution in [0.15, 0.2) is 30.6 Å². The first-order valence-electron chi connectivity index (χ1n) is 9.14. The van der Waals surface area contributed by atoms with E-state index in [2.05, 4.69) is 19.7 Å². The number of piperazine rings is 1. The molecule has 1 aliphatic rings. The number of rotatable bonds is 6. The fraction of sp³-hybridized carbons (Fsp3) is 0.474. The summed E-state index contributed by atoms with van der Waals surface area (Å²) < 4.78 is 6.35. The van der Waals surface area contributed by atoms with Gasteiger partial charge in [0.25, 0.3) is 5.91 Å². The number of nitrogens with zero attached hydrogens (tertiary/aromatic N) is 5. The molecular weight excluding hydrogens is 346 g/mol. The van der Waals surface area contributed by atoms with Crippen LogP contribution < -0.4 is 0 Å². The topological polar surface area (TPSA) is 80.6 Å². The van der Waals surface area contributed by atoms with Gasteiger partial charge in [-0.3, -0.25) is 14.5 Å². The quantitative estimate of drug-likeness (QED) is 0.712. The monoisotopic (exact) mass is 371 g/mol. The molecule has 0 aliphatic carbocycles. The van der Waals surface area contributed by atoms with Crippen LogP contribution in [-0.2, 0) is 9.53 Å². The van der Waals surface area contributed by atoms with Crippen molar-refractivity contribution in [1.29, 1.82) is 0 Å². The number of pyridine rings is 1. The van der Waals surface area contributed by atoms with Crippen molar-refractivity contribution in [3.05, 3.63) is 41.9 Å². The molecule has 27 heavy (non-hydrogen) atoms. The van der Waals surface area contributed by atoms with E-state index < -0.39 is 0 Å². The molecule has 2 aromatic rings. The van der Waals surface area contributed by atoms with Crippen molar-refractivity contribution in [2.45, 2.75) is 19.8 Å². The number of amides is 1. The fourth-order valence-electron chi connectivity index (χ4n) is 3.22. The maximum Gasteiger partial charge on any atom is 0.305 e. The van der Waals surface area contributed by atoms with Crippen molar-refractivity contribution < 1.29 is 14.3 Å². The predicted molar refractivity (Wildman–Crippen MR) is 99.7 cm³/mol. The van der Waals surface area contributed by atoms with Crippen molar-refractivity contribution in [2.24, 2.45) is 0 Å². The lowest BCUT2D eigenvalue weighted by atomic mass is 10.2. The molecule has 0 radical (unpaired) electrons. The van der Waals surface area contributed by atoms with Gasteiger partial charge in [0, 0.05) is 38.8 Å². The maximum absolute atomic E-state index is 12.9. The molecule has 3 heterocycles. The summed E-state index contributed by atoms with van der Waals surface area (Å²) in [5.74, 6) is 0.526. The molecule has 1 aliphatic heterocycles. The van der Waals surface area contributed by atoms with Crippen LogP contribution in [0.3, 0.4) is 0 Å². The van der Waals surface area contributed by atoms with E-state index in [1.54, 1.807) is 17.1 Å². The van der Waals surface area contributed by atoms with Gasteiger partial charge in [-0.1, -0.05) is 6.07 Å². The number of hydrogen-bond acceptors (Lipinski definition) is 6. The Bertz CT molecular complexity index is 782. The van der Waals surface area contributed by atoms with Crippen molar-refractivity contribution in [3.63, 3.8) is 0 Å². The molecule has 0 bridgehead atoms. The smallest absolute Gasteiger partial charge is 0.305 e. The molecule has 2 aromatic heterocycles. The first-order chi connectivity index (χ1) is 13.1. The summed E-state index contributed by atoms with van der Waals surface area (Å²) in [5.41, 5.74) is 1.40. The third-order valence-electron chi connectivity index (χ3n) is 4.85. The Balaban J connectivity index is 1.56. The lowest BCUT2D eigenvalue weighted by Gasteiger charge is -2.34. The van der Waals surface area contributed by atoms with Gasteiger partial charge in [0.15, 0.2) is 5.82 Å². The summed E-state index contributed by atoms with van der Waals surface area (Å²) >= 11 is 0. The zero-order valence-corrected chi connectivity index (χ0v) is 15.8. The van der Waals surface area contributed by atoms with Crippen LogP contribution >= 0.6 is 0 Å². The average molecular weight is 371 g/mol. The lowest BCUT2D eigenvalue weighted by molar-refractivity contribution is -0.140. The zero-order valence-electron chi connectivity index (χ0n) is 15.8. The van der Waals surface area contributed by atoms with E-state index in [1.165, 1.54) is 7.11 Å². The minimum atomic E-state index is -0.177. The first kappa shape index (κ1) is 19.0. The molecule has 0 atom stereocenters. The number of carbonyl (C=O) groups excluding carboxylic acids is 2. The molecule has 144 valence electrons. The lowest BCUT2D eigenvalue weighted by Crippen LogP contribution is -2.49. The third-order valence-corrected chi connectivity index (χ3v) is 4.85. The van der Waals surface area contributed by atoms with Crippen molar-refractivity contribution in [1.82, 2.24) is 24.6 Å². The summed E-state index contributed by atoms with van der Waals surface area (Å²) in [7, 11) is 1.41. The Morgan fingerprint density at radius 1 is 1.19 bits per heavy atom. The largest absolute Gasteiger partial charge is 0.469 e. The second kappa shape index (κ2) is 8.77. The van der Waals surface area contributed by atoms with Gasteiger partial charge in [0.05, 0.1) is 24.6 Å². The molecule has 0 saturated carbocycles. The molecule has 0 spiro atoms. The number of ether oxygens (including phenoxy) is 1. The Kier molecular flexibility index (Phi) is 6.18. The van der Waals surface area contributed by atoms with Crippen LogP contribution in [0.4, 0.5) is 0 Å². The van der Waals surface area contributed by atoms with Gasteiger partial charge in [-0.15, -0.1) is 0 Å². The van der Waals surface area contributed by atoms with Gasteiger partial charge in [-0.2, -0.15) is 5.10 Å². The Labute approximate surface area is 158 Å². The summed E-state index contributed by atoms with van der Waals surface area (Å²) in [6.07, 6.45) is 4.53. The number of aromatic nitrogens is 3. The Morgan fingerprint density at radius 3 is 2.63 bits per heavy atom. The molecule has 3 rings (SSSR count). The number of carbonyl (C=O) groups is 2. The summed E-state index contributed by atoms with van der Waals surface area (Å²) in [5, 5.41) is 4.33. The standard InChI is InChI=1S/C19H25N5O3/c1-15-16(14-21-24(15)17-6-3-4-8-20-17)19(26)23-12-10-22(11-13-23)9-5-7-18(25)27-2/h3-4,6,8,14H,5,7,9-13H2,1-2H3. The van der Waals surface area contributed by atoms with Crippen molar-refractivity contribution in [3.8, 4) is 5.82 Å². The molecule has 0 N–H and O–H groups in total. The number of hydrogen-bond donors (Lipinski definition) is 0. The van der Waals surface area contributed by atoms with E-state index >= 15 is 0 Å². The van der Waals surface area contributed by atoms with Crippen molar-refractivity contribution >= 4 is 11.9 Å². The highest BCUT2D eigenvalue weighted by atomic mass is 16.5. The Hall–Kier alpha value is -2.74. The van der Waals surface area contributed by atoms with E-state index in [4.69, 9.17) is 0 Å². The maximum atomic E-state index is 12.9. The predicted octanol–water partition coefficient (Wildman–Crippen LogP) is 1.29. The second-order valence-corrected chi connectivity index (χ2v) is 6.56. The summed E-state index contributed by atoms with van der Waals surface area (Å²) in [4.78, 5) is 32.5. The third kappa shape index (κ3) is 4.51. The minimum Gasteiger partial charge on any atom is -0.469 e. The highest BCUT2D eigenvalue weighted by molar-refractivity contribution is 5.95. The van der Waals surface area contributed by atoms with Crippen LogP contribution in [0.25, 0.3) is 5.82 Å². The highest BCUT2D eigenvalue weighted by Crippen LogP contribution is 2.16. The normalized spacial score (nSPS) is 15.0. The van der Waals surface area contributed by atoms with E-state index in [0.29, 0.717) is 30.9 Å². The van der Waals surface area contributed by atoms with Crippen molar-refractivity contribution in [2.75, 3.05) is 39.8 Å². The number of esters is 1. The molecule has 1 fully saturated rings. The molecular formula is C19H25N5O3. The molecule has 0 aromatic carbocycles. The van der Waals surface area contributed by atoms with Gasteiger partial charge in [0.1, 0.15) is 0 Å². The molecule has 0 unspecified atom stereocenters. The first-order valence-corrected chi connectivity index (χ1v) is 9.14. The second-order valence-electron chi connectivity index (χ2n) is 6.56. The van der Waals surface area contributed by atoms with Gasteiger partial charge >= 0.3 is 5.97 Å². The minimum absolute atomic E-state index is 0.00360. The fourth-order valence-corrected chi connectivity index (χ4v) is 3.22. The molecule has 1 saturated heterocycles. The van der Waals surface area contributed by atoms with Crippen LogP contribution in [0.1, 0.15) is 28.9 Å². The van der Waals surface area contributed by atoms with E-state index in [9.17, 15) is 9.59 Å². The van der Waals surface area contributed by atoms with Gasteiger partial charge in [-0.25, -0.2) is 9.67 Å². The Morgan fingerprint density at radius 2 is 1.96 bits per heavy atom. The SMILES string of the molecule is COC(=O)CCCN1CCN(C(=O)c2cnn(-c3ccccn3)c2C)CC1. The van der Waals surface area contributed by atoms with E-state index in [-0.39, 0.29) is 11.9 Å². The zero-order chi connectivity index (χ0) is 19.2. The molecule has 8 nitrogen and oxygen atoms in total. The van der Waals surface area contributed by atoms with Gasteiger partial charge in [-0.05, 0) is 32.0 Å². The van der Waals surface area contributed by atoms with Gasteiger partial charge < -0.3 is 9.64 Å². The summed E-state index contributed by atoms with van der Waals surface area (Å²) in [6.45, 7) is 5.68. The van der Waals surface area contributed by atoms with E-state index in [1.807, 2.05) is 30.0 Å². The average Bonchev–Trinajstić information content (AvgIpc) is 3.09.